The molecule has 0 atom stereocenters. The van der Waals surface area contributed by atoms with Gasteiger partial charge in [-0.15, -0.1) is 0 Å². The normalized spacial score (nSPS) is 16.3. The van der Waals surface area contributed by atoms with Crippen LogP contribution in [0.15, 0.2) is 21.1 Å². The van der Waals surface area contributed by atoms with E-state index in [1.165, 1.54) is 0 Å². The number of hydrogen-bond acceptors (Lipinski definition) is 3. The van der Waals surface area contributed by atoms with Gasteiger partial charge in [-0.1, -0.05) is 0 Å². The second kappa shape index (κ2) is 6.72. The summed E-state index contributed by atoms with van der Waals surface area (Å²) in [5.41, 5.74) is 0.220. The summed E-state index contributed by atoms with van der Waals surface area (Å²) in [6.07, 6.45) is 2.00. The molecule has 1 fully saturated rings. The number of carboxylic acid groups (broad SMARTS) is 1. The van der Waals surface area contributed by atoms with Crippen LogP contribution in [0.4, 0.5) is 0 Å². The lowest BCUT2D eigenvalue weighted by atomic mass is 10.0. The molecule has 1 aliphatic heterocycles. The minimum absolute atomic E-state index is 0.220. The third-order valence-corrected chi connectivity index (χ3v) is 4.23. The van der Waals surface area contributed by atoms with Crippen molar-refractivity contribution in [2.75, 3.05) is 19.8 Å². The molecule has 0 amide bonds. The van der Waals surface area contributed by atoms with Crippen molar-refractivity contribution < 1.29 is 19.4 Å². The molecule has 1 saturated heterocycles. The van der Waals surface area contributed by atoms with Crippen LogP contribution >= 0.6 is 31.9 Å². The lowest BCUT2D eigenvalue weighted by Crippen LogP contribution is -2.21. The fraction of sp³-hybridized carbons (Fsp3) is 0.462. The highest BCUT2D eigenvalue weighted by molar-refractivity contribution is 9.11. The predicted molar refractivity (Wildman–Crippen MR) is 77.8 cm³/mol. The number of carbonyl (C=O) groups is 1. The molecule has 0 spiro atoms. The van der Waals surface area contributed by atoms with Crippen LogP contribution in [0.2, 0.25) is 0 Å². The SMILES string of the molecule is O=C(O)c1cc(Br)c(OCC2CCOCC2)c(Br)c1. The first-order chi connectivity index (χ1) is 9.08. The maximum absolute atomic E-state index is 10.9. The van der Waals surface area contributed by atoms with Gasteiger partial charge in [-0.3, -0.25) is 0 Å². The summed E-state index contributed by atoms with van der Waals surface area (Å²) in [6, 6.07) is 3.10. The van der Waals surface area contributed by atoms with Crippen molar-refractivity contribution in [1.82, 2.24) is 0 Å². The minimum Gasteiger partial charge on any atom is -0.491 e. The van der Waals surface area contributed by atoms with Gasteiger partial charge >= 0.3 is 5.97 Å². The molecule has 1 aromatic carbocycles. The Balaban J connectivity index is 2.05. The lowest BCUT2D eigenvalue weighted by Gasteiger charge is -2.22. The smallest absolute Gasteiger partial charge is 0.335 e. The van der Waals surface area contributed by atoms with E-state index in [2.05, 4.69) is 31.9 Å². The highest BCUT2D eigenvalue weighted by Gasteiger charge is 2.17. The Hall–Kier alpha value is -0.590. The second-order valence-corrected chi connectivity index (χ2v) is 6.15. The van der Waals surface area contributed by atoms with Gasteiger partial charge in [0.1, 0.15) is 5.75 Å². The summed E-state index contributed by atoms with van der Waals surface area (Å²) in [5, 5.41) is 8.96. The van der Waals surface area contributed by atoms with Gasteiger partial charge in [0.05, 0.1) is 21.1 Å². The van der Waals surface area contributed by atoms with E-state index in [-0.39, 0.29) is 5.56 Å². The van der Waals surface area contributed by atoms with Crippen molar-refractivity contribution in [1.29, 1.82) is 0 Å². The van der Waals surface area contributed by atoms with E-state index in [0.29, 0.717) is 27.2 Å². The zero-order valence-electron chi connectivity index (χ0n) is 10.2. The molecule has 2 rings (SSSR count). The number of hydrogen-bond donors (Lipinski definition) is 1. The summed E-state index contributed by atoms with van der Waals surface area (Å²) in [5.74, 6) is 0.181. The molecule has 0 radical (unpaired) electrons. The van der Waals surface area contributed by atoms with E-state index in [0.717, 1.165) is 26.1 Å². The summed E-state index contributed by atoms with van der Waals surface area (Å²) in [7, 11) is 0. The second-order valence-electron chi connectivity index (χ2n) is 4.44. The minimum atomic E-state index is -0.961. The van der Waals surface area contributed by atoms with Gasteiger partial charge < -0.3 is 14.6 Å². The van der Waals surface area contributed by atoms with Crippen molar-refractivity contribution in [3.63, 3.8) is 0 Å². The van der Waals surface area contributed by atoms with E-state index in [1.807, 2.05) is 0 Å². The lowest BCUT2D eigenvalue weighted by molar-refractivity contribution is 0.0495. The van der Waals surface area contributed by atoms with Crippen LogP contribution in [0.5, 0.6) is 5.75 Å². The van der Waals surface area contributed by atoms with Gasteiger partial charge in [0, 0.05) is 13.2 Å². The van der Waals surface area contributed by atoms with Crippen LogP contribution in [-0.2, 0) is 4.74 Å². The number of benzene rings is 1. The van der Waals surface area contributed by atoms with Crippen LogP contribution in [-0.4, -0.2) is 30.9 Å². The van der Waals surface area contributed by atoms with Gasteiger partial charge in [0.25, 0.3) is 0 Å². The number of rotatable bonds is 4. The molecule has 0 aromatic heterocycles. The van der Waals surface area contributed by atoms with Crippen LogP contribution in [0.3, 0.4) is 0 Å². The molecule has 6 heteroatoms. The molecule has 0 saturated carbocycles. The number of halogens is 2. The molecule has 0 unspecified atom stereocenters. The maximum atomic E-state index is 10.9. The van der Waals surface area contributed by atoms with Crippen molar-refractivity contribution in [2.45, 2.75) is 12.8 Å². The van der Waals surface area contributed by atoms with E-state index in [4.69, 9.17) is 14.6 Å². The van der Waals surface area contributed by atoms with Gasteiger partial charge in [0.2, 0.25) is 0 Å². The highest BCUT2D eigenvalue weighted by atomic mass is 79.9. The van der Waals surface area contributed by atoms with Gasteiger partial charge in [-0.25, -0.2) is 4.79 Å². The van der Waals surface area contributed by atoms with Crippen molar-refractivity contribution in [3.8, 4) is 5.75 Å². The van der Waals surface area contributed by atoms with Gasteiger partial charge in [0.15, 0.2) is 0 Å². The van der Waals surface area contributed by atoms with Gasteiger partial charge in [-0.05, 0) is 62.8 Å². The van der Waals surface area contributed by atoms with Crippen LogP contribution in [0.25, 0.3) is 0 Å². The molecule has 0 aliphatic carbocycles. The first-order valence-electron chi connectivity index (χ1n) is 6.01. The Labute approximate surface area is 128 Å². The summed E-state index contributed by atoms with van der Waals surface area (Å²) < 4.78 is 12.4. The van der Waals surface area contributed by atoms with Crippen LogP contribution < -0.4 is 4.74 Å². The molecule has 104 valence electrons. The first kappa shape index (κ1) is 14.8. The van der Waals surface area contributed by atoms with E-state index in [1.54, 1.807) is 12.1 Å². The molecule has 1 aliphatic rings. The van der Waals surface area contributed by atoms with Gasteiger partial charge in [-0.2, -0.15) is 0 Å². The molecule has 19 heavy (non-hydrogen) atoms. The fourth-order valence-corrected chi connectivity index (χ4v) is 3.35. The Morgan fingerprint density at radius 2 is 1.89 bits per heavy atom. The highest BCUT2D eigenvalue weighted by Crippen LogP contribution is 2.35. The summed E-state index contributed by atoms with van der Waals surface area (Å²) >= 11 is 6.70. The Morgan fingerprint density at radius 1 is 1.32 bits per heavy atom. The van der Waals surface area contributed by atoms with Crippen LogP contribution in [0.1, 0.15) is 23.2 Å². The zero-order chi connectivity index (χ0) is 13.8. The molecule has 1 aromatic rings. The van der Waals surface area contributed by atoms with E-state index < -0.39 is 5.97 Å². The topological polar surface area (TPSA) is 55.8 Å². The Morgan fingerprint density at radius 3 is 2.42 bits per heavy atom. The molecular formula is C13H14Br2O4. The number of carboxylic acids is 1. The third kappa shape index (κ3) is 3.94. The fourth-order valence-electron chi connectivity index (χ4n) is 1.94. The molecule has 1 N–H and O–H groups in total. The molecule has 0 bridgehead atoms. The zero-order valence-corrected chi connectivity index (χ0v) is 13.4. The predicted octanol–water partition coefficient (Wildman–Crippen LogP) is 3.72. The van der Waals surface area contributed by atoms with E-state index >= 15 is 0 Å². The Kier molecular flexibility index (Phi) is 5.24. The number of ether oxygens (including phenoxy) is 2. The average Bonchev–Trinajstić information content (AvgIpc) is 2.38. The van der Waals surface area contributed by atoms with E-state index in [9.17, 15) is 4.79 Å². The Bertz CT molecular complexity index is 447. The standard InChI is InChI=1S/C13H14Br2O4/c14-10-5-9(13(16)17)6-11(15)12(10)19-7-8-1-3-18-4-2-8/h5-6,8H,1-4,7H2,(H,16,17). The largest absolute Gasteiger partial charge is 0.491 e. The first-order valence-corrected chi connectivity index (χ1v) is 7.59. The summed E-state index contributed by atoms with van der Waals surface area (Å²) in [4.78, 5) is 10.9. The quantitative estimate of drug-likeness (QED) is 0.846. The monoisotopic (exact) mass is 392 g/mol. The maximum Gasteiger partial charge on any atom is 0.335 e. The molecular weight excluding hydrogens is 380 g/mol. The van der Waals surface area contributed by atoms with Crippen molar-refractivity contribution >= 4 is 37.8 Å². The van der Waals surface area contributed by atoms with Crippen molar-refractivity contribution in [3.05, 3.63) is 26.6 Å². The molecule has 4 nitrogen and oxygen atoms in total. The van der Waals surface area contributed by atoms with Crippen molar-refractivity contribution in [2.24, 2.45) is 5.92 Å². The van der Waals surface area contributed by atoms with Crippen LogP contribution in [0, 0.1) is 5.92 Å². The average molecular weight is 394 g/mol. The molecule has 1 heterocycles. The summed E-state index contributed by atoms with van der Waals surface area (Å²) in [6.45, 7) is 2.19. The third-order valence-electron chi connectivity index (χ3n) is 3.05. The number of aromatic carboxylic acids is 1.